The lowest BCUT2D eigenvalue weighted by Gasteiger charge is -2.14. The zero-order valence-electron chi connectivity index (χ0n) is 18.9. The summed E-state index contributed by atoms with van der Waals surface area (Å²) in [7, 11) is -3.56. The molecule has 0 amide bonds. The number of aliphatic imine (C=N–C) groups is 1. The minimum atomic E-state index is -3.56. The van der Waals surface area contributed by atoms with Gasteiger partial charge in [0.1, 0.15) is 0 Å². The molecule has 0 saturated carbocycles. The third-order valence-corrected chi connectivity index (χ3v) is 6.54. The first-order valence-corrected chi connectivity index (χ1v) is 12.3. The number of nitro groups is 1. The van der Waals surface area contributed by atoms with Crippen molar-refractivity contribution in [3.05, 3.63) is 76.8 Å². The highest BCUT2D eigenvalue weighted by Gasteiger charge is 2.14. The molecular formula is C23H24ClN7O4S. The molecule has 1 aromatic heterocycles. The fraction of sp³-hybridized carbons (Fsp3) is 0.130. The lowest BCUT2D eigenvalue weighted by Crippen LogP contribution is -2.23. The molecule has 3 aromatic carbocycles. The molecule has 1 heterocycles. The number of hydrogen-bond acceptors (Lipinski definition) is 7. The molecule has 36 heavy (non-hydrogen) atoms. The molecule has 0 fully saturated rings. The van der Waals surface area contributed by atoms with Gasteiger partial charge in [0, 0.05) is 40.8 Å². The molecule has 188 valence electrons. The number of nitrogens with one attached hydrogen (secondary N) is 2. The minimum absolute atomic E-state index is 0. The van der Waals surface area contributed by atoms with E-state index in [1.54, 1.807) is 30.3 Å². The van der Waals surface area contributed by atoms with Gasteiger partial charge in [-0.3, -0.25) is 19.8 Å². The van der Waals surface area contributed by atoms with E-state index in [1.807, 2.05) is 24.3 Å². The molecule has 4 aromatic rings. The second-order valence-electron chi connectivity index (χ2n) is 7.75. The van der Waals surface area contributed by atoms with Gasteiger partial charge in [-0.2, -0.15) is 0 Å². The number of halogens is 1. The maximum Gasteiger partial charge on any atom is 0.271 e. The molecule has 0 unspecified atom stereocenters. The number of nitrogens with zero attached hydrogens (tertiary/aromatic N) is 3. The van der Waals surface area contributed by atoms with Crippen molar-refractivity contribution < 1.29 is 13.3 Å². The summed E-state index contributed by atoms with van der Waals surface area (Å²) in [5, 5.41) is 16.1. The Kier molecular flexibility index (Phi) is 8.12. The van der Waals surface area contributed by atoms with Gasteiger partial charge in [-0.25, -0.2) is 13.4 Å². The van der Waals surface area contributed by atoms with E-state index < -0.39 is 14.9 Å². The molecule has 0 bridgehead atoms. The monoisotopic (exact) mass is 529 g/mol. The van der Waals surface area contributed by atoms with Crippen LogP contribution in [0.2, 0.25) is 0 Å². The number of rotatable bonds is 9. The molecule has 0 radical (unpaired) electrons. The van der Waals surface area contributed by atoms with Crippen LogP contribution in [0.3, 0.4) is 0 Å². The second kappa shape index (κ2) is 11.1. The number of anilines is 3. The highest BCUT2D eigenvalue weighted by molar-refractivity contribution is 7.92. The molecule has 13 heteroatoms. The number of nitro benzene ring substituents is 1. The van der Waals surface area contributed by atoms with Crippen LogP contribution in [0.25, 0.3) is 21.8 Å². The van der Waals surface area contributed by atoms with Crippen LogP contribution >= 0.6 is 12.4 Å². The van der Waals surface area contributed by atoms with Crippen molar-refractivity contribution in [3.8, 4) is 0 Å². The van der Waals surface area contributed by atoms with Gasteiger partial charge in [0.2, 0.25) is 10.0 Å². The number of para-hydroxylation sites is 1. The largest absolute Gasteiger partial charge is 0.370 e. The standard InChI is InChI=1S/C23H23N7O4S.ClH/c24-23(25)26-12-3-13-35(33,34)29-16-8-6-15(7-9-16)27-22-18-4-1-2-5-20(18)28-21-14-17(30(31)32)10-11-19(21)22;/h1-2,4-11,14,29H,3,12-13H2,(H,27,28)(H4,24,25,26);1H. The Labute approximate surface area is 213 Å². The van der Waals surface area contributed by atoms with Crippen molar-refractivity contribution in [1.82, 2.24) is 4.98 Å². The lowest BCUT2D eigenvalue weighted by molar-refractivity contribution is -0.384. The average molecular weight is 530 g/mol. The number of aromatic nitrogens is 1. The predicted octanol–water partition coefficient (Wildman–Crippen LogP) is 3.87. The first kappa shape index (κ1) is 26.4. The van der Waals surface area contributed by atoms with Gasteiger partial charge in [0.15, 0.2) is 5.96 Å². The van der Waals surface area contributed by atoms with Crippen LogP contribution in [-0.4, -0.2) is 36.6 Å². The van der Waals surface area contributed by atoms with Gasteiger partial charge >= 0.3 is 0 Å². The molecule has 0 atom stereocenters. The normalized spacial score (nSPS) is 11.0. The SMILES string of the molecule is Cl.NC(N)=NCCCS(=O)(=O)Nc1ccc(Nc2c3ccccc3nc3cc([N+](=O)[O-])ccc23)cc1. The maximum absolute atomic E-state index is 12.3. The van der Waals surface area contributed by atoms with Gasteiger partial charge in [0.25, 0.3) is 5.69 Å². The Balaban J connectivity index is 0.00000361. The Morgan fingerprint density at radius 3 is 2.33 bits per heavy atom. The molecule has 4 rings (SSSR count). The molecule has 0 spiro atoms. The Morgan fingerprint density at radius 2 is 1.64 bits per heavy atom. The maximum atomic E-state index is 12.3. The number of pyridine rings is 1. The van der Waals surface area contributed by atoms with Crippen molar-refractivity contribution in [2.75, 3.05) is 22.3 Å². The third kappa shape index (κ3) is 6.29. The first-order valence-electron chi connectivity index (χ1n) is 10.6. The lowest BCUT2D eigenvalue weighted by atomic mass is 10.1. The molecule has 11 nitrogen and oxygen atoms in total. The number of nitrogens with two attached hydrogens (primary N) is 2. The van der Waals surface area contributed by atoms with E-state index in [1.165, 1.54) is 12.1 Å². The first-order chi connectivity index (χ1) is 16.7. The summed E-state index contributed by atoms with van der Waals surface area (Å²) in [5.41, 5.74) is 13.5. The predicted molar refractivity (Wildman–Crippen MR) is 146 cm³/mol. The van der Waals surface area contributed by atoms with Gasteiger partial charge in [-0.15, -0.1) is 12.4 Å². The van der Waals surface area contributed by atoms with Crippen LogP contribution in [0.1, 0.15) is 6.42 Å². The van der Waals surface area contributed by atoms with Crippen LogP contribution in [-0.2, 0) is 10.0 Å². The van der Waals surface area contributed by atoms with E-state index in [4.69, 9.17) is 11.5 Å². The summed E-state index contributed by atoms with van der Waals surface area (Å²) in [4.78, 5) is 19.1. The van der Waals surface area contributed by atoms with Crippen molar-refractivity contribution in [3.63, 3.8) is 0 Å². The summed E-state index contributed by atoms with van der Waals surface area (Å²) in [6.07, 6.45) is 0.285. The van der Waals surface area contributed by atoms with E-state index in [0.29, 0.717) is 22.4 Å². The Morgan fingerprint density at radius 1 is 0.972 bits per heavy atom. The molecule has 0 saturated heterocycles. The van der Waals surface area contributed by atoms with E-state index in [9.17, 15) is 18.5 Å². The fourth-order valence-electron chi connectivity index (χ4n) is 3.59. The van der Waals surface area contributed by atoms with Gasteiger partial charge in [0.05, 0.1) is 27.4 Å². The van der Waals surface area contributed by atoms with Crippen LogP contribution in [0, 0.1) is 10.1 Å². The summed E-state index contributed by atoms with van der Waals surface area (Å²) in [6, 6.07) is 18.8. The number of non-ortho nitro benzene ring substituents is 1. The van der Waals surface area contributed by atoms with Crippen molar-refractivity contribution in [2.24, 2.45) is 16.5 Å². The highest BCUT2D eigenvalue weighted by atomic mass is 35.5. The second-order valence-corrected chi connectivity index (χ2v) is 9.59. The molecule has 0 aliphatic carbocycles. The number of fused-ring (bicyclic) bond motifs is 2. The summed E-state index contributed by atoms with van der Waals surface area (Å²) in [5.74, 6) is -0.198. The van der Waals surface area contributed by atoms with Gasteiger partial charge < -0.3 is 16.8 Å². The fourth-order valence-corrected chi connectivity index (χ4v) is 4.70. The molecule has 6 N–H and O–H groups in total. The topological polar surface area (TPSA) is 179 Å². The molecular weight excluding hydrogens is 506 g/mol. The van der Waals surface area contributed by atoms with Crippen molar-refractivity contribution >= 4 is 72.9 Å². The van der Waals surface area contributed by atoms with Gasteiger partial charge in [-0.1, -0.05) is 18.2 Å². The van der Waals surface area contributed by atoms with Gasteiger partial charge in [-0.05, 0) is 42.8 Å². The number of sulfonamides is 1. The number of guanidine groups is 1. The minimum Gasteiger partial charge on any atom is -0.370 e. The summed E-state index contributed by atoms with van der Waals surface area (Å²) < 4.78 is 27.1. The Bertz CT molecular complexity index is 1540. The number of hydrogen-bond donors (Lipinski definition) is 4. The quantitative estimate of drug-likeness (QED) is 0.0629. The smallest absolute Gasteiger partial charge is 0.271 e. The van der Waals surface area contributed by atoms with Crippen molar-refractivity contribution in [2.45, 2.75) is 6.42 Å². The van der Waals surface area contributed by atoms with E-state index >= 15 is 0 Å². The van der Waals surface area contributed by atoms with Crippen LogP contribution in [0.15, 0.2) is 71.7 Å². The molecule has 0 aliphatic heterocycles. The highest BCUT2D eigenvalue weighted by Crippen LogP contribution is 2.34. The van der Waals surface area contributed by atoms with E-state index in [2.05, 4.69) is 20.0 Å². The van der Waals surface area contributed by atoms with E-state index in [-0.39, 0.29) is 42.8 Å². The van der Waals surface area contributed by atoms with Crippen LogP contribution < -0.4 is 21.5 Å². The zero-order chi connectivity index (χ0) is 25.0. The van der Waals surface area contributed by atoms with Crippen molar-refractivity contribution in [1.29, 1.82) is 0 Å². The van der Waals surface area contributed by atoms with Crippen LogP contribution in [0.5, 0.6) is 0 Å². The average Bonchev–Trinajstić information content (AvgIpc) is 2.82. The molecule has 0 aliphatic rings. The van der Waals surface area contributed by atoms with E-state index in [0.717, 1.165) is 16.5 Å². The van der Waals surface area contributed by atoms with Crippen LogP contribution in [0.4, 0.5) is 22.7 Å². The zero-order valence-corrected chi connectivity index (χ0v) is 20.6. The number of benzene rings is 3. The summed E-state index contributed by atoms with van der Waals surface area (Å²) >= 11 is 0. The third-order valence-electron chi connectivity index (χ3n) is 5.17. The Hall–Kier alpha value is -4.16. The summed E-state index contributed by atoms with van der Waals surface area (Å²) in [6.45, 7) is 0.225.